The second kappa shape index (κ2) is 7.63. The van der Waals surface area contributed by atoms with Crippen LogP contribution in [0.15, 0.2) is 83.8 Å². The first-order valence-corrected chi connectivity index (χ1v) is 9.78. The number of aryl methyl sites for hydroxylation is 2. The Kier molecular flexibility index (Phi) is 5.28. The smallest absolute Gasteiger partial charge is 0.320 e. The van der Waals surface area contributed by atoms with Crippen LogP contribution in [-0.4, -0.2) is 14.4 Å². The molecule has 0 aromatic heterocycles. The van der Waals surface area contributed by atoms with Gasteiger partial charge in [-0.3, -0.25) is 0 Å². The van der Waals surface area contributed by atoms with Crippen molar-refractivity contribution in [3.05, 3.63) is 95.6 Å². The molecule has 0 radical (unpaired) electrons. The Hall–Kier alpha value is -3.12. The van der Waals surface area contributed by atoms with Crippen LogP contribution in [0.4, 0.5) is 5.69 Å². The SMILES string of the molecule is Cc1ccc(C(=O)ON(c2ccccc2)S(=O)(=O)c2ccc(C)cc2)cc1. The van der Waals surface area contributed by atoms with E-state index < -0.39 is 16.0 Å². The molecule has 138 valence electrons. The highest BCUT2D eigenvalue weighted by Gasteiger charge is 2.29. The van der Waals surface area contributed by atoms with Gasteiger partial charge in [-0.15, -0.1) is 0 Å². The fourth-order valence-electron chi connectivity index (χ4n) is 2.41. The summed E-state index contributed by atoms with van der Waals surface area (Å²) >= 11 is 0. The standard InChI is InChI=1S/C21H19NO4S/c1-16-8-12-18(13-9-16)21(23)26-22(19-6-4-3-5-7-19)27(24,25)20-14-10-17(2)11-15-20/h3-15H,1-2H3. The van der Waals surface area contributed by atoms with Gasteiger partial charge in [-0.1, -0.05) is 58.1 Å². The molecule has 0 saturated heterocycles. The highest BCUT2D eigenvalue weighted by molar-refractivity contribution is 7.92. The third-order valence-electron chi connectivity index (χ3n) is 3.96. The van der Waals surface area contributed by atoms with Crippen LogP contribution in [0.1, 0.15) is 21.5 Å². The average Bonchev–Trinajstić information content (AvgIpc) is 2.67. The third kappa shape index (κ3) is 4.17. The summed E-state index contributed by atoms with van der Waals surface area (Å²) in [5.74, 6) is -0.755. The topological polar surface area (TPSA) is 63.7 Å². The van der Waals surface area contributed by atoms with Gasteiger partial charge in [-0.2, -0.15) is 8.42 Å². The van der Waals surface area contributed by atoms with Crippen molar-refractivity contribution in [2.75, 3.05) is 4.47 Å². The lowest BCUT2D eigenvalue weighted by atomic mass is 10.2. The number of hydrogen-bond donors (Lipinski definition) is 0. The van der Waals surface area contributed by atoms with Crippen LogP contribution in [0.25, 0.3) is 0 Å². The van der Waals surface area contributed by atoms with Gasteiger partial charge in [0.1, 0.15) is 0 Å². The van der Waals surface area contributed by atoms with E-state index in [4.69, 9.17) is 4.84 Å². The zero-order valence-electron chi connectivity index (χ0n) is 15.0. The Morgan fingerprint density at radius 3 is 1.85 bits per heavy atom. The fourth-order valence-corrected chi connectivity index (χ4v) is 3.65. The second-order valence-electron chi connectivity index (χ2n) is 6.13. The predicted octanol–water partition coefficient (Wildman–Crippen LogP) is 4.27. The Balaban J connectivity index is 2.00. The quantitative estimate of drug-likeness (QED) is 0.619. The third-order valence-corrected chi connectivity index (χ3v) is 5.55. The number of carbonyl (C=O) groups is 1. The highest BCUT2D eigenvalue weighted by atomic mass is 32.2. The Labute approximate surface area is 158 Å². The molecule has 3 aromatic carbocycles. The Morgan fingerprint density at radius 2 is 1.30 bits per heavy atom. The van der Waals surface area contributed by atoms with Crippen molar-refractivity contribution in [2.24, 2.45) is 0 Å². The van der Waals surface area contributed by atoms with Gasteiger partial charge >= 0.3 is 5.97 Å². The minimum atomic E-state index is -4.09. The number of hydrogen-bond acceptors (Lipinski definition) is 4. The molecule has 0 spiro atoms. The zero-order valence-corrected chi connectivity index (χ0v) is 15.8. The van der Waals surface area contributed by atoms with Crippen LogP contribution in [0.5, 0.6) is 0 Å². The van der Waals surface area contributed by atoms with Crippen molar-refractivity contribution >= 4 is 21.7 Å². The van der Waals surface area contributed by atoms with E-state index in [0.29, 0.717) is 4.47 Å². The molecule has 0 amide bonds. The molecule has 6 heteroatoms. The maximum atomic E-state index is 13.1. The van der Waals surface area contributed by atoms with Gasteiger partial charge in [0.05, 0.1) is 16.1 Å². The van der Waals surface area contributed by atoms with Gasteiger partial charge < -0.3 is 4.84 Å². The lowest BCUT2D eigenvalue weighted by molar-refractivity contribution is 0.0528. The molecule has 0 unspecified atom stereocenters. The molecule has 0 saturated carbocycles. The molecule has 0 aliphatic rings. The van der Waals surface area contributed by atoms with Crippen molar-refractivity contribution in [1.82, 2.24) is 0 Å². The van der Waals surface area contributed by atoms with Crippen molar-refractivity contribution in [3.63, 3.8) is 0 Å². The second-order valence-corrected chi connectivity index (χ2v) is 7.88. The van der Waals surface area contributed by atoms with Gasteiger partial charge in [-0.25, -0.2) is 4.79 Å². The lowest BCUT2D eigenvalue weighted by Crippen LogP contribution is -2.33. The van der Waals surface area contributed by atoms with E-state index >= 15 is 0 Å². The first-order valence-electron chi connectivity index (χ1n) is 8.34. The van der Waals surface area contributed by atoms with Crippen LogP contribution < -0.4 is 4.47 Å². The van der Waals surface area contributed by atoms with Crippen molar-refractivity contribution in [2.45, 2.75) is 18.7 Å². The minimum Gasteiger partial charge on any atom is -0.320 e. The molecule has 0 fully saturated rings. The summed E-state index contributed by atoms with van der Waals surface area (Å²) in [6, 6.07) is 21.3. The molecule has 0 heterocycles. The molecule has 0 aliphatic carbocycles. The molecule has 3 aromatic rings. The van der Waals surface area contributed by atoms with Gasteiger partial charge in [0.15, 0.2) is 0 Å². The summed E-state index contributed by atoms with van der Waals surface area (Å²) in [5.41, 5.74) is 2.41. The largest absolute Gasteiger partial charge is 0.364 e. The van der Waals surface area contributed by atoms with E-state index in [2.05, 4.69) is 0 Å². The Bertz CT molecular complexity index is 1030. The number of para-hydroxylation sites is 1. The molecule has 0 N–H and O–H groups in total. The summed E-state index contributed by atoms with van der Waals surface area (Å²) in [4.78, 5) is 17.9. The molecular weight excluding hydrogens is 362 g/mol. The Morgan fingerprint density at radius 1 is 0.778 bits per heavy atom. The lowest BCUT2D eigenvalue weighted by Gasteiger charge is -2.22. The number of nitrogens with zero attached hydrogens (tertiary/aromatic N) is 1. The van der Waals surface area contributed by atoms with E-state index in [0.717, 1.165) is 11.1 Å². The highest BCUT2D eigenvalue weighted by Crippen LogP contribution is 2.25. The van der Waals surface area contributed by atoms with Crippen molar-refractivity contribution < 1.29 is 18.0 Å². The summed E-state index contributed by atoms with van der Waals surface area (Å²) < 4.78 is 26.9. The van der Waals surface area contributed by atoms with Crippen LogP contribution >= 0.6 is 0 Å². The summed E-state index contributed by atoms with van der Waals surface area (Å²) in [6.45, 7) is 3.76. The zero-order chi connectivity index (χ0) is 19.4. The molecule has 0 atom stereocenters. The predicted molar refractivity (Wildman–Crippen MR) is 104 cm³/mol. The number of carbonyl (C=O) groups excluding carboxylic acids is 1. The number of rotatable bonds is 5. The monoisotopic (exact) mass is 381 g/mol. The average molecular weight is 381 g/mol. The van der Waals surface area contributed by atoms with Gasteiger partial charge in [0, 0.05) is 0 Å². The maximum Gasteiger partial charge on any atom is 0.364 e. The molecule has 0 aliphatic heterocycles. The maximum absolute atomic E-state index is 13.1. The van der Waals surface area contributed by atoms with E-state index in [1.165, 1.54) is 12.1 Å². The number of sulfonamides is 1. The van der Waals surface area contributed by atoms with Crippen LogP contribution in [-0.2, 0) is 14.9 Å². The summed E-state index contributed by atoms with van der Waals surface area (Å²) in [6.07, 6.45) is 0. The van der Waals surface area contributed by atoms with Gasteiger partial charge in [-0.05, 0) is 50.2 Å². The van der Waals surface area contributed by atoms with E-state index in [1.807, 2.05) is 13.8 Å². The molecule has 5 nitrogen and oxygen atoms in total. The number of benzene rings is 3. The fraction of sp³-hybridized carbons (Fsp3) is 0.0952. The van der Waals surface area contributed by atoms with Crippen LogP contribution in [0, 0.1) is 13.8 Å². The normalized spacial score (nSPS) is 11.0. The molecular formula is C21H19NO4S. The first kappa shape index (κ1) is 18.7. The van der Waals surface area contributed by atoms with Gasteiger partial charge in [0.25, 0.3) is 10.0 Å². The molecule has 3 rings (SSSR count). The van der Waals surface area contributed by atoms with Crippen LogP contribution in [0.3, 0.4) is 0 Å². The summed E-state index contributed by atoms with van der Waals surface area (Å²) in [5, 5.41) is 0. The van der Waals surface area contributed by atoms with E-state index in [9.17, 15) is 13.2 Å². The van der Waals surface area contributed by atoms with Crippen molar-refractivity contribution in [3.8, 4) is 0 Å². The van der Waals surface area contributed by atoms with Crippen molar-refractivity contribution in [1.29, 1.82) is 0 Å². The van der Waals surface area contributed by atoms with E-state index in [-0.39, 0.29) is 16.1 Å². The minimum absolute atomic E-state index is 0.0358. The molecule has 27 heavy (non-hydrogen) atoms. The summed E-state index contributed by atoms with van der Waals surface area (Å²) in [7, 11) is -4.09. The molecule has 0 bridgehead atoms. The van der Waals surface area contributed by atoms with E-state index in [1.54, 1.807) is 66.7 Å². The van der Waals surface area contributed by atoms with Gasteiger partial charge in [0.2, 0.25) is 0 Å². The first-order chi connectivity index (χ1) is 12.9. The van der Waals surface area contributed by atoms with Crippen LogP contribution in [0.2, 0.25) is 0 Å². The number of anilines is 1.